The van der Waals surface area contributed by atoms with Crippen LogP contribution in [0.4, 0.5) is 5.69 Å². The molecule has 0 unspecified atom stereocenters. The third kappa shape index (κ3) is 2.59. The number of benzene rings is 1. The normalized spacial score (nSPS) is 11.5. The lowest BCUT2D eigenvalue weighted by Crippen LogP contribution is -2.27. The smallest absolute Gasteiger partial charge is 0.352 e. The van der Waals surface area contributed by atoms with Crippen molar-refractivity contribution in [1.82, 2.24) is 4.57 Å². The quantitative estimate of drug-likeness (QED) is 0.935. The molecule has 0 atom stereocenters. The molecular weight excluding hydrogens is 304 g/mol. The van der Waals surface area contributed by atoms with E-state index in [9.17, 15) is 13.2 Å². The summed E-state index contributed by atoms with van der Waals surface area (Å²) in [4.78, 5) is 11.0. The summed E-state index contributed by atoms with van der Waals surface area (Å²) >= 11 is 0. The van der Waals surface area contributed by atoms with Crippen LogP contribution in [0.15, 0.2) is 35.4 Å². The molecule has 0 saturated carbocycles. The Balaban J connectivity index is 2.52. The van der Waals surface area contributed by atoms with Gasteiger partial charge in [0.15, 0.2) is 0 Å². The monoisotopic (exact) mass is 322 g/mol. The molecule has 2 rings (SSSR count). The van der Waals surface area contributed by atoms with Crippen molar-refractivity contribution < 1.29 is 18.3 Å². The van der Waals surface area contributed by atoms with E-state index in [1.807, 2.05) is 19.9 Å². The molecule has 0 aliphatic carbocycles. The number of rotatable bonds is 4. The van der Waals surface area contributed by atoms with Gasteiger partial charge in [-0.2, -0.15) is 0 Å². The Morgan fingerprint density at radius 3 is 2.45 bits per heavy atom. The summed E-state index contributed by atoms with van der Waals surface area (Å²) in [5, 5.41) is 9.05. The number of carboxylic acid groups (broad SMARTS) is 1. The largest absolute Gasteiger partial charge is 0.477 e. The molecule has 0 fully saturated rings. The van der Waals surface area contributed by atoms with Gasteiger partial charge in [0, 0.05) is 20.3 Å². The first-order valence-electron chi connectivity index (χ1n) is 6.61. The fraction of sp³-hybridized carbons (Fsp3) is 0.267. The molecule has 0 aliphatic rings. The van der Waals surface area contributed by atoms with Crippen molar-refractivity contribution in [3.63, 3.8) is 0 Å². The lowest BCUT2D eigenvalue weighted by molar-refractivity contribution is 0.0686. The number of anilines is 1. The van der Waals surface area contributed by atoms with E-state index in [0.717, 1.165) is 11.1 Å². The van der Waals surface area contributed by atoms with Crippen molar-refractivity contribution in [2.45, 2.75) is 18.7 Å². The second-order valence-electron chi connectivity index (χ2n) is 5.17. The fourth-order valence-corrected chi connectivity index (χ4v) is 3.58. The molecule has 22 heavy (non-hydrogen) atoms. The van der Waals surface area contributed by atoms with Gasteiger partial charge in [-0.15, -0.1) is 0 Å². The first-order valence-corrected chi connectivity index (χ1v) is 8.05. The summed E-state index contributed by atoms with van der Waals surface area (Å²) in [7, 11) is -0.854. The molecule has 0 spiro atoms. The average Bonchev–Trinajstić information content (AvgIpc) is 2.84. The van der Waals surface area contributed by atoms with Crippen LogP contribution in [0.2, 0.25) is 0 Å². The number of sulfonamides is 1. The van der Waals surface area contributed by atoms with Crippen LogP contribution in [0.25, 0.3) is 0 Å². The molecule has 0 saturated heterocycles. The first-order chi connectivity index (χ1) is 10.2. The van der Waals surface area contributed by atoms with Crippen molar-refractivity contribution >= 4 is 21.7 Å². The summed E-state index contributed by atoms with van der Waals surface area (Å²) in [6.45, 7) is 3.76. The topological polar surface area (TPSA) is 79.6 Å². The third-order valence-electron chi connectivity index (χ3n) is 3.77. The molecule has 1 aromatic heterocycles. The van der Waals surface area contributed by atoms with Gasteiger partial charge in [-0.05, 0) is 37.1 Å². The van der Waals surface area contributed by atoms with E-state index in [4.69, 9.17) is 5.11 Å². The van der Waals surface area contributed by atoms with Gasteiger partial charge >= 0.3 is 5.97 Å². The number of aromatic nitrogens is 1. The van der Waals surface area contributed by atoms with Crippen LogP contribution < -0.4 is 4.31 Å². The number of aromatic carboxylic acids is 1. The minimum Gasteiger partial charge on any atom is -0.477 e. The molecular formula is C15H18N2O4S. The van der Waals surface area contributed by atoms with Gasteiger partial charge < -0.3 is 9.67 Å². The van der Waals surface area contributed by atoms with E-state index in [0.29, 0.717) is 5.69 Å². The van der Waals surface area contributed by atoms with Gasteiger partial charge in [0.05, 0.1) is 5.69 Å². The Kier molecular flexibility index (Phi) is 4.02. The summed E-state index contributed by atoms with van der Waals surface area (Å²) < 4.78 is 27.9. The highest BCUT2D eigenvalue weighted by molar-refractivity contribution is 7.92. The second-order valence-corrected chi connectivity index (χ2v) is 7.14. The molecule has 0 radical (unpaired) electrons. The maximum atomic E-state index is 12.7. The van der Waals surface area contributed by atoms with Crippen molar-refractivity contribution in [2.75, 3.05) is 11.4 Å². The highest BCUT2D eigenvalue weighted by Gasteiger charge is 2.26. The third-order valence-corrected chi connectivity index (χ3v) is 5.51. The van der Waals surface area contributed by atoms with Crippen LogP contribution in [-0.4, -0.2) is 31.1 Å². The Morgan fingerprint density at radius 2 is 1.91 bits per heavy atom. The van der Waals surface area contributed by atoms with E-state index >= 15 is 0 Å². The lowest BCUT2D eigenvalue weighted by atomic mass is 10.1. The van der Waals surface area contributed by atoms with Crippen molar-refractivity contribution in [3.05, 3.63) is 47.3 Å². The molecule has 2 aromatic rings. The predicted molar refractivity (Wildman–Crippen MR) is 83.9 cm³/mol. The van der Waals surface area contributed by atoms with E-state index < -0.39 is 16.0 Å². The minimum absolute atomic E-state index is 0.0455. The number of carbonyl (C=O) groups is 1. The number of hydrogen-bond donors (Lipinski definition) is 1. The van der Waals surface area contributed by atoms with Gasteiger partial charge in [-0.1, -0.05) is 12.1 Å². The van der Waals surface area contributed by atoms with E-state index in [-0.39, 0.29) is 10.6 Å². The Hall–Kier alpha value is -2.28. The van der Waals surface area contributed by atoms with Crippen molar-refractivity contribution in [2.24, 2.45) is 7.05 Å². The van der Waals surface area contributed by atoms with E-state index in [1.54, 1.807) is 12.1 Å². The summed E-state index contributed by atoms with van der Waals surface area (Å²) in [5.41, 5.74) is 2.34. The minimum atomic E-state index is -3.82. The van der Waals surface area contributed by atoms with Gasteiger partial charge in [-0.3, -0.25) is 4.31 Å². The Labute approximate surface area is 129 Å². The van der Waals surface area contributed by atoms with Gasteiger partial charge in [0.1, 0.15) is 10.6 Å². The Bertz CT molecular complexity index is 837. The van der Waals surface area contributed by atoms with E-state index in [2.05, 4.69) is 0 Å². The first kappa shape index (κ1) is 16.1. The lowest BCUT2D eigenvalue weighted by Gasteiger charge is -2.21. The standard InChI is InChI=1S/C15H18N2O4S/c1-10-6-5-7-13(11(10)2)17(4)22(20,21)12-8-14(15(18)19)16(3)9-12/h5-9H,1-4H3,(H,18,19). The molecule has 1 aromatic carbocycles. The molecule has 0 amide bonds. The van der Waals surface area contributed by atoms with Crippen LogP contribution >= 0.6 is 0 Å². The van der Waals surface area contributed by atoms with E-state index in [1.165, 1.54) is 35.2 Å². The maximum Gasteiger partial charge on any atom is 0.352 e. The average molecular weight is 322 g/mol. The Morgan fingerprint density at radius 1 is 1.27 bits per heavy atom. The van der Waals surface area contributed by atoms with Gasteiger partial charge in [0.2, 0.25) is 0 Å². The number of aryl methyl sites for hydroxylation is 2. The van der Waals surface area contributed by atoms with Crippen molar-refractivity contribution in [3.8, 4) is 0 Å². The fourth-order valence-electron chi connectivity index (χ4n) is 2.25. The zero-order valence-corrected chi connectivity index (χ0v) is 13.7. The summed E-state index contributed by atoms with van der Waals surface area (Å²) in [6.07, 6.45) is 1.31. The zero-order valence-electron chi connectivity index (χ0n) is 12.9. The van der Waals surface area contributed by atoms with Crippen LogP contribution in [0.1, 0.15) is 21.6 Å². The van der Waals surface area contributed by atoms with Crippen LogP contribution in [0.3, 0.4) is 0 Å². The zero-order chi connectivity index (χ0) is 16.7. The SMILES string of the molecule is Cc1cccc(N(C)S(=O)(=O)c2cc(C(=O)O)n(C)c2)c1C. The summed E-state index contributed by atoms with van der Waals surface area (Å²) in [6, 6.07) is 6.59. The molecule has 6 nitrogen and oxygen atoms in total. The molecule has 0 bridgehead atoms. The van der Waals surface area contributed by atoms with Crippen LogP contribution in [0.5, 0.6) is 0 Å². The molecule has 0 aliphatic heterocycles. The van der Waals surface area contributed by atoms with Gasteiger partial charge in [0.25, 0.3) is 10.0 Å². The molecule has 118 valence electrons. The molecule has 7 heteroatoms. The highest BCUT2D eigenvalue weighted by Crippen LogP contribution is 2.27. The van der Waals surface area contributed by atoms with Crippen LogP contribution in [0, 0.1) is 13.8 Å². The molecule has 1 N–H and O–H groups in total. The number of nitrogens with zero attached hydrogens (tertiary/aromatic N) is 2. The molecule has 1 heterocycles. The van der Waals surface area contributed by atoms with Gasteiger partial charge in [-0.25, -0.2) is 13.2 Å². The second kappa shape index (κ2) is 5.49. The van der Waals surface area contributed by atoms with Crippen molar-refractivity contribution in [1.29, 1.82) is 0 Å². The number of hydrogen-bond acceptors (Lipinski definition) is 3. The predicted octanol–water partition coefficient (Wildman–Crippen LogP) is 2.17. The van der Waals surface area contributed by atoms with Crippen LogP contribution in [-0.2, 0) is 17.1 Å². The number of carboxylic acids is 1. The maximum absolute atomic E-state index is 12.7. The highest BCUT2D eigenvalue weighted by atomic mass is 32.2. The summed E-state index contributed by atoms with van der Waals surface area (Å²) in [5.74, 6) is -1.17.